The molecule has 0 unspecified atom stereocenters. The molecular formula is C26H20F2N2O2. The van der Waals surface area contributed by atoms with E-state index in [1.807, 2.05) is 37.3 Å². The van der Waals surface area contributed by atoms with Crippen LogP contribution < -0.4 is 0 Å². The minimum Gasteiger partial charge on any atom is -0.478 e. The summed E-state index contributed by atoms with van der Waals surface area (Å²) in [7, 11) is 0. The summed E-state index contributed by atoms with van der Waals surface area (Å²) < 4.78 is 28.3. The third kappa shape index (κ3) is 4.34. The number of rotatable bonds is 6. The zero-order chi connectivity index (χ0) is 22.7. The standard InChI is InChI=1S/C26H20F2N2O2/c1-2-21(22-10-9-20(27)14-23(22)28)26(18-8-11-24-19(13-18)15-29-30-24)17-6-3-16(4-7-17)5-12-25(31)32/h3-15H,2H2,1H3,(H,29,30)(H,31,32). The lowest BCUT2D eigenvalue weighted by atomic mass is 9.87. The molecule has 4 nitrogen and oxygen atoms in total. The van der Waals surface area contributed by atoms with Crippen molar-refractivity contribution >= 4 is 34.1 Å². The molecule has 0 aliphatic rings. The van der Waals surface area contributed by atoms with Gasteiger partial charge in [0, 0.05) is 23.1 Å². The fourth-order valence-corrected chi connectivity index (χ4v) is 3.78. The molecule has 160 valence electrons. The van der Waals surface area contributed by atoms with E-state index in [4.69, 9.17) is 5.11 Å². The molecule has 0 atom stereocenters. The van der Waals surface area contributed by atoms with E-state index in [1.54, 1.807) is 18.3 Å². The van der Waals surface area contributed by atoms with Crippen molar-refractivity contribution in [2.24, 2.45) is 0 Å². The molecule has 0 aliphatic carbocycles. The first-order valence-electron chi connectivity index (χ1n) is 10.1. The number of nitrogens with one attached hydrogen (secondary N) is 1. The maximum atomic E-state index is 14.8. The fraction of sp³-hybridized carbons (Fsp3) is 0.0769. The second-order valence-electron chi connectivity index (χ2n) is 7.30. The molecule has 1 aromatic heterocycles. The van der Waals surface area contributed by atoms with E-state index in [2.05, 4.69) is 10.2 Å². The van der Waals surface area contributed by atoms with Gasteiger partial charge < -0.3 is 5.11 Å². The molecule has 0 radical (unpaired) electrons. The third-order valence-corrected chi connectivity index (χ3v) is 5.26. The van der Waals surface area contributed by atoms with Gasteiger partial charge in [-0.05, 0) is 64.6 Å². The highest BCUT2D eigenvalue weighted by Crippen LogP contribution is 2.36. The van der Waals surface area contributed by atoms with Crippen LogP contribution in [0.4, 0.5) is 8.78 Å². The Labute approximate surface area is 183 Å². The lowest BCUT2D eigenvalue weighted by Gasteiger charge is -2.17. The first-order chi connectivity index (χ1) is 15.5. The molecular weight excluding hydrogens is 410 g/mol. The Morgan fingerprint density at radius 1 is 1.03 bits per heavy atom. The van der Waals surface area contributed by atoms with Crippen LogP contribution in [0.3, 0.4) is 0 Å². The van der Waals surface area contributed by atoms with E-state index in [-0.39, 0.29) is 0 Å². The number of hydrogen-bond acceptors (Lipinski definition) is 2. The van der Waals surface area contributed by atoms with Crippen molar-refractivity contribution in [3.63, 3.8) is 0 Å². The topological polar surface area (TPSA) is 66.0 Å². The molecule has 4 aromatic rings. The van der Waals surface area contributed by atoms with E-state index in [0.29, 0.717) is 12.0 Å². The lowest BCUT2D eigenvalue weighted by molar-refractivity contribution is -0.131. The SMILES string of the molecule is CCC(=C(c1ccc(C=CC(=O)O)cc1)c1ccc2[nH]ncc2c1)c1ccc(F)cc1F. The number of allylic oxidation sites excluding steroid dienone is 1. The number of H-pyrrole nitrogens is 1. The number of halogens is 2. The summed E-state index contributed by atoms with van der Waals surface area (Å²) in [5, 5.41) is 16.8. The number of aromatic nitrogens is 2. The van der Waals surface area contributed by atoms with Crippen molar-refractivity contribution in [2.75, 3.05) is 0 Å². The van der Waals surface area contributed by atoms with Gasteiger partial charge in [-0.15, -0.1) is 0 Å². The first-order valence-corrected chi connectivity index (χ1v) is 10.1. The van der Waals surface area contributed by atoms with Gasteiger partial charge in [0.05, 0.1) is 11.7 Å². The van der Waals surface area contributed by atoms with Crippen molar-refractivity contribution in [2.45, 2.75) is 13.3 Å². The molecule has 1 heterocycles. The number of carboxylic acids is 1. The molecule has 0 spiro atoms. The molecule has 0 aliphatic heterocycles. The molecule has 6 heteroatoms. The number of nitrogens with zero attached hydrogens (tertiary/aromatic N) is 1. The number of aliphatic carboxylic acids is 1. The molecule has 0 fully saturated rings. The Morgan fingerprint density at radius 3 is 2.47 bits per heavy atom. The van der Waals surface area contributed by atoms with Gasteiger partial charge in [0.25, 0.3) is 0 Å². The van der Waals surface area contributed by atoms with Gasteiger partial charge in [-0.25, -0.2) is 13.6 Å². The van der Waals surface area contributed by atoms with Crippen LogP contribution in [-0.4, -0.2) is 21.3 Å². The maximum absolute atomic E-state index is 14.8. The Morgan fingerprint density at radius 2 is 1.78 bits per heavy atom. The molecule has 0 amide bonds. The van der Waals surface area contributed by atoms with E-state index in [1.165, 1.54) is 18.2 Å². The second kappa shape index (κ2) is 8.98. The van der Waals surface area contributed by atoms with Crippen molar-refractivity contribution < 1.29 is 18.7 Å². The molecule has 2 N–H and O–H groups in total. The Kier molecular flexibility index (Phi) is 5.94. The summed E-state index contributed by atoms with van der Waals surface area (Å²) in [5.74, 6) is -2.27. The minimum absolute atomic E-state index is 0.339. The summed E-state index contributed by atoms with van der Waals surface area (Å²) in [6, 6.07) is 16.8. The van der Waals surface area contributed by atoms with Crippen molar-refractivity contribution in [3.05, 3.63) is 107 Å². The first kappa shape index (κ1) is 21.2. The second-order valence-corrected chi connectivity index (χ2v) is 7.30. The van der Waals surface area contributed by atoms with Gasteiger partial charge in [0.1, 0.15) is 11.6 Å². The monoisotopic (exact) mass is 430 g/mol. The number of fused-ring (bicyclic) bond motifs is 1. The highest BCUT2D eigenvalue weighted by molar-refractivity contribution is 6.00. The van der Waals surface area contributed by atoms with Crippen LogP contribution in [0.2, 0.25) is 0 Å². The Hall–Kier alpha value is -4.06. The summed E-state index contributed by atoms with van der Waals surface area (Å²) in [5.41, 5.74) is 5.20. The van der Waals surface area contributed by atoms with Crippen LogP contribution >= 0.6 is 0 Å². The van der Waals surface area contributed by atoms with Gasteiger partial charge in [0.2, 0.25) is 0 Å². The average Bonchev–Trinajstić information content (AvgIpc) is 3.25. The average molecular weight is 430 g/mol. The molecule has 32 heavy (non-hydrogen) atoms. The zero-order valence-corrected chi connectivity index (χ0v) is 17.3. The summed E-state index contributed by atoms with van der Waals surface area (Å²) in [6.45, 7) is 1.93. The van der Waals surface area contributed by atoms with Gasteiger partial charge in [-0.3, -0.25) is 5.10 Å². The van der Waals surface area contributed by atoms with Crippen LogP contribution in [0.25, 0.3) is 28.1 Å². The number of hydrogen-bond donors (Lipinski definition) is 2. The van der Waals surface area contributed by atoms with Crippen molar-refractivity contribution in [3.8, 4) is 0 Å². The number of aromatic amines is 1. The predicted molar refractivity (Wildman–Crippen MR) is 122 cm³/mol. The smallest absolute Gasteiger partial charge is 0.328 e. The molecule has 0 bridgehead atoms. The Bertz CT molecular complexity index is 1350. The molecule has 0 saturated heterocycles. The van der Waals surface area contributed by atoms with Gasteiger partial charge in [0.15, 0.2) is 0 Å². The summed E-state index contributed by atoms with van der Waals surface area (Å²) in [4.78, 5) is 10.8. The van der Waals surface area contributed by atoms with Gasteiger partial charge in [-0.2, -0.15) is 5.10 Å². The predicted octanol–water partition coefficient (Wildman–Crippen LogP) is 6.31. The zero-order valence-electron chi connectivity index (χ0n) is 17.3. The molecule has 0 saturated carbocycles. The van der Waals surface area contributed by atoms with Crippen LogP contribution in [0.15, 0.2) is 72.9 Å². The van der Waals surface area contributed by atoms with Crippen molar-refractivity contribution in [1.82, 2.24) is 10.2 Å². The highest BCUT2D eigenvalue weighted by Gasteiger charge is 2.17. The van der Waals surface area contributed by atoms with Gasteiger partial charge in [-0.1, -0.05) is 37.3 Å². The van der Waals surface area contributed by atoms with Crippen LogP contribution in [0.1, 0.15) is 35.6 Å². The Balaban J connectivity index is 1.93. The summed E-state index contributed by atoms with van der Waals surface area (Å²) in [6.07, 6.45) is 4.82. The normalized spacial score (nSPS) is 12.3. The minimum atomic E-state index is -1.02. The van der Waals surface area contributed by atoms with E-state index < -0.39 is 17.6 Å². The number of carboxylic acid groups (broad SMARTS) is 1. The summed E-state index contributed by atoms with van der Waals surface area (Å²) >= 11 is 0. The van der Waals surface area contributed by atoms with E-state index in [0.717, 1.165) is 50.9 Å². The van der Waals surface area contributed by atoms with Crippen LogP contribution in [0, 0.1) is 11.6 Å². The lowest BCUT2D eigenvalue weighted by Crippen LogP contribution is -1.98. The van der Waals surface area contributed by atoms with E-state index >= 15 is 0 Å². The van der Waals surface area contributed by atoms with Crippen LogP contribution in [-0.2, 0) is 4.79 Å². The largest absolute Gasteiger partial charge is 0.478 e. The third-order valence-electron chi connectivity index (χ3n) is 5.26. The molecule has 4 rings (SSSR count). The van der Waals surface area contributed by atoms with E-state index in [9.17, 15) is 13.6 Å². The number of benzene rings is 3. The molecule has 3 aromatic carbocycles. The maximum Gasteiger partial charge on any atom is 0.328 e. The quantitative estimate of drug-likeness (QED) is 0.278. The van der Waals surface area contributed by atoms with Gasteiger partial charge >= 0.3 is 5.97 Å². The number of carbonyl (C=O) groups is 1. The van der Waals surface area contributed by atoms with Crippen LogP contribution in [0.5, 0.6) is 0 Å². The highest BCUT2D eigenvalue weighted by atomic mass is 19.1. The van der Waals surface area contributed by atoms with Crippen molar-refractivity contribution in [1.29, 1.82) is 0 Å². The fourth-order valence-electron chi connectivity index (χ4n) is 3.78.